The van der Waals surface area contributed by atoms with E-state index in [-0.39, 0.29) is 0 Å². The fraction of sp³-hybridized carbons (Fsp3) is 0.429. The number of allylic oxidation sites excluding steroid dienone is 4. The highest BCUT2D eigenvalue weighted by Gasteiger charge is 2.53. The molecular formula is C7H4Cl4. The smallest absolute Gasteiger partial charge is 0.102 e. The van der Waals surface area contributed by atoms with Gasteiger partial charge in [0.25, 0.3) is 0 Å². The first-order valence-corrected chi connectivity index (χ1v) is 4.64. The molecule has 0 nitrogen and oxygen atoms in total. The van der Waals surface area contributed by atoms with Crippen molar-refractivity contribution >= 4 is 46.4 Å². The molecule has 0 saturated carbocycles. The molecule has 0 unspecified atom stereocenters. The third kappa shape index (κ3) is 0.904. The van der Waals surface area contributed by atoms with E-state index in [2.05, 4.69) is 0 Å². The van der Waals surface area contributed by atoms with E-state index in [1.807, 2.05) is 0 Å². The van der Waals surface area contributed by atoms with E-state index >= 15 is 0 Å². The van der Waals surface area contributed by atoms with E-state index in [0.29, 0.717) is 16.5 Å². The Morgan fingerprint density at radius 3 is 1.55 bits per heavy atom. The first kappa shape index (κ1) is 8.25. The standard InChI is InChI=1S/C7H4Cl4/c8-4-5(9)7(11)2-1-6(4,10)3-7/h1-2H,3H2/t6-,7-/m0/s1. The van der Waals surface area contributed by atoms with E-state index in [9.17, 15) is 0 Å². The highest BCUT2D eigenvalue weighted by Crippen LogP contribution is 2.58. The fourth-order valence-corrected chi connectivity index (χ4v) is 2.92. The highest BCUT2D eigenvalue weighted by molar-refractivity contribution is 6.51. The average Bonchev–Trinajstić information content (AvgIpc) is 2.32. The van der Waals surface area contributed by atoms with E-state index in [1.54, 1.807) is 12.2 Å². The van der Waals surface area contributed by atoms with Crippen LogP contribution in [0, 0.1) is 0 Å². The maximum Gasteiger partial charge on any atom is 0.102 e. The van der Waals surface area contributed by atoms with Crippen molar-refractivity contribution in [2.45, 2.75) is 16.2 Å². The van der Waals surface area contributed by atoms with E-state index in [0.717, 1.165) is 0 Å². The van der Waals surface area contributed by atoms with Crippen LogP contribution in [0.25, 0.3) is 0 Å². The number of hydrogen-bond donors (Lipinski definition) is 0. The molecule has 2 aliphatic rings. The van der Waals surface area contributed by atoms with Crippen LogP contribution in [0.15, 0.2) is 22.2 Å². The molecular weight excluding hydrogens is 226 g/mol. The van der Waals surface area contributed by atoms with Crippen LogP contribution in [0.3, 0.4) is 0 Å². The molecule has 11 heavy (non-hydrogen) atoms. The average molecular weight is 230 g/mol. The van der Waals surface area contributed by atoms with Crippen molar-refractivity contribution in [1.29, 1.82) is 0 Å². The van der Waals surface area contributed by atoms with E-state index < -0.39 is 9.75 Å². The summed E-state index contributed by atoms with van der Waals surface area (Å²) in [5.74, 6) is 0. The second-order valence-electron chi connectivity index (χ2n) is 2.86. The molecule has 4 heteroatoms. The van der Waals surface area contributed by atoms with Crippen LogP contribution >= 0.6 is 46.4 Å². The summed E-state index contributed by atoms with van der Waals surface area (Å²) in [6.07, 6.45) is 4.17. The summed E-state index contributed by atoms with van der Waals surface area (Å²) < 4.78 is 0. The van der Waals surface area contributed by atoms with E-state index in [1.165, 1.54) is 0 Å². The van der Waals surface area contributed by atoms with Gasteiger partial charge in [0.2, 0.25) is 0 Å². The zero-order valence-corrected chi connectivity index (χ0v) is 8.40. The quantitative estimate of drug-likeness (QED) is 0.440. The molecule has 0 N–H and O–H groups in total. The molecule has 0 aromatic carbocycles. The van der Waals surface area contributed by atoms with Crippen LogP contribution in [-0.2, 0) is 0 Å². The molecule has 0 aromatic rings. The molecule has 0 fully saturated rings. The van der Waals surface area contributed by atoms with Gasteiger partial charge in [0.05, 0.1) is 10.1 Å². The van der Waals surface area contributed by atoms with Crippen molar-refractivity contribution in [3.05, 3.63) is 22.2 Å². The van der Waals surface area contributed by atoms with Gasteiger partial charge in [0.1, 0.15) is 9.75 Å². The highest BCUT2D eigenvalue weighted by atomic mass is 35.5. The molecule has 0 heterocycles. The second-order valence-corrected chi connectivity index (χ2v) is 4.97. The molecule has 0 aromatic heterocycles. The summed E-state index contributed by atoms with van der Waals surface area (Å²) in [5, 5.41) is 0.941. The van der Waals surface area contributed by atoms with Crippen molar-refractivity contribution in [2.75, 3.05) is 0 Å². The van der Waals surface area contributed by atoms with Crippen LogP contribution in [-0.4, -0.2) is 9.75 Å². The molecule has 0 spiro atoms. The minimum Gasteiger partial charge on any atom is -0.108 e. The summed E-state index contributed by atoms with van der Waals surface area (Å²) in [6.45, 7) is 0. The van der Waals surface area contributed by atoms with Gasteiger partial charge >= 0.3 is 0 Å². The van der Waals surface area contributed by atoms with Gasteiger partial charge in [0, 0.05) is 6.42 Å². The number of alkyl halides is 2. The van der Waals surface area contributed by atoms with Crippen molar-refractivity contribution < 1.29 is 0 Å². The van der Waals surface area contributed by atoms with Crippen LogP contribution in [0.2, 0.25) is 0 Å². The maximum absolute atomic E-state index is 6.09. The molecule has 60 valence electrons. The van der Waals surface area contributed by atoms with Gasteiger partial charge in [-0.05, 0) is 0 Å². The normalized spacial score (nSPS) is 47.6. The summed E-state index contributed by atoms with van der Waals surface area (Å²) in [5.41, 5.74) is 0. The molecule has 0 saturated heterocycles. The maximum atomic E-state index is 6.09. The van der Waals surface area contributed by atoms with Gasteiger partial charge < -0.3 is 0 Å². The predicted octanol–water partition coefficient (Wildman–Crippen LogP) is 3.60. The SMILES string of the molecule is ClC1=C(Cl)[C@]2(Cl)C=C[C@]1(Cl)C2. The lowest BCUT2D eigenvalue weighted by molar-refractivity contribution is 0.778. The zero-order chi connectivity index (χ0) is 8.28. The molecule has 2 atom stereocenters. The first-order chi connectivity index (χ1) is 4.98. The third-order valence-electron chi connectivity index (χ3n) is 2.05. The summed E-state index contributed by atoms with van der Waals surface area (Å²) in [6, 6.07) is 0. The second kappa shape index (κ2) is 2.11. The number of halogens is 4. The van der Waals surface area contributed by atoms with Crippen LogP contribution in [0.4, 0.5) is 0 Å². The first-order valence-electron chi connectivity index (χ1n) is 3.12. The number of fused-ring (bicyclic) bond motifs is 2. The van der Waals surface area contributed by atoms with Crippen molar-refractivity contribution in [3.8, 4) is 0 Å². The van der Waals surface area contributed by atoms with Gasteiger partial charge in [-0.2, -0.15) is 0 Å². The van der Waals surface area contributed by atoms with Crippen LogP contribution in [0.1, 0.15) is 6.42 Å². The zero-order valence-electron chi connectivity index (χ0n) is 5.37. The van der Waals surface area contributed by atoms with Gasteiger partial charge in [-0.25, -0.2) is 0 Å². The number of rotatable bonds is 0. The van der Waals surface area contributed by atoms with Crippen molar-refractivity contribution in [1.82, 2.24) is 0 Å². The van der Waals surface area contributed by atoms with Gasteiger partial charge in [-0.3, -0.25) is 0 Å². The molecule has 0 radical (unpaired) electrons. The topological polar surface area (TPSA) is 0 Å². The van der Waals surface area contributed by atoms with Gasteiger partial charge in [0.15, 0.2) is 0 Å². The minimum absolute atomic E-state index is 0.471. The monoisotopic (exact) mass is 228 g/mol. The Hall–Kier alpha value is 0.640. The minimum atomic E-state index is -0.625. The summed E-state index contributed by atoms with van der Waals surface area (Å²) in [4.78, 5) is -1.25. The van der Waals surface area contributed by atoms with Crippen LogP contribution < -0.4 is 0 Å². The molecule has 0 aliphatic heterocycles. The summed E-state index contributed by atoms with van der Waals surface area (Å²) >= 11 is 23.9. The lowest BCUT2D eigenvalue weighted by Crippen LogP contribution is -2.14. The Kier molecular flexibility index (Phi) is 1.58. The fourth-order valence-electron chi connectivity index (χ4n) is 1.42. The Bertz CT molecular complexity index is 254. The van der Waals surface area contributed by atoms with Gasteiger partial charge in [-0.15, -0.1) is 23.2 Å². The molecule has 2 rings (SSSR count). The Balaban J connectivity index is 2.58. The Labute approximate surface area is 84.8 Å². The summed E-state index contributed by atoms with van der Waals surface area (Å²) in [7, 11) is 0. The third-order valence-corrected chi connectivity index (χ3v) is 4.29. The van der Waals surface area contributed by atoms with Gasteiger partial charge in [-0.1, -0.05) is 35.4 Å². The molecule has 2 aliphatic carbocycles. The lowest BCUT2D eigenvalue weighted by Gasteiger charge is -2.13. The lowest BCUT2D eigenvalue weighted by atomic mass is 10.1. The van der Waals surface area contributed by atoms with Crippen LogP contribution in [0.5, 0.6) is 0 Å². The van der Waals surface area contributed by atoms with Crippen molar-refractivity contribution in [3.63, 3.8) is 0 Å². The molecule has 2 bridgehead atoms. The Morgan fingerprint density at radius 1 is 1.00 bits per heavy atom. The van der Waals surface area contributed by atoms with E-state index in [4.69, 9.17) is 46.4 Å². The Morgan fingerprint density at radius 2 is 1.36 bits per heavy atom. The number of hydrogen-bond acceptors (Lipinski definition) is 0. The molecule has 0 amide bonds. The van der Waals surface area contributed by atoms with Crippen molar-refractivity contribution in [2.24, 2.45) is 0 Å². The predicted molar refractivity (Wildman–Crippen MR) is 49.7 cm³/mol. The largest absolute Gasteiger partial charge is 0.108 e.